The van der Waals surface area contributed by atoms with E-state index >= 15 is 0 Å². The molecule has 0 bridgehead atoms. The molecule has 3 rings (SSSR count). The van der Waals surface area contributed by atoms with E-state index in [0.717, 1.165) is 10.9 Å². The minimum Gasteiger partial charge on any atom is -0.480 e. The Balaban J connectivity index is 1.67. The molecule has 0 aliphatic carbocycles. The molecule has 0 amide bonds. The van der Waals surface area contributed by atoms with E-state index in [9.17, 15) is 9.59 Å². The second kappa shape index (κ2) is 7.40. The van der Waals surface area contributed by atoms with Crippen molar-refractivity contribution in [1.82, 2.24) is 0 Å². The van der Waals surface area contributed by atoms with E-state index in [1.165, 1.54) is 6.07 Å². The molecule has 25 heavy (non-hydrogen) atoms. The van der Waals surface area contributed by atoms with Crippen molar-refractivity contribution in [2.24, 2.45) is 0 Å². The van der Waals surface area contributed by atoms with Crippen molar-refractivity contribution in [3.63, 3.8) is 0 Å². The Kier molecular flexibility index (Phi) is 5.05. The number of esters is 1. The lowest BCUT2D eigenvalue weighted by atomic mass is 10.1. The van der Waals surface area contributed by atoms with E-state index in [1.807, 2.05) is 19.1 Å². The van der Waals surface area contributed by atoms with Gasteiger partial charge in [-0.05, 0) is 30.7 Å². The van der Waals surface area contributed by atoms with E-state index in [-0.39, 0.29) is 13.2 Å². The monoisotopic (exact) mass is 358 g/mol. The highest BCUT2D eigenvalue weighted by molar-refractivity contribution is 6.32. The Labute approximate surface area is 148 Å². The maximum absolute atomic E-state index is 11.9. The molecule has 0 radical (unpaired) electrons. The highest BCUT2D eigenvalue weighted by atomic mass is 35.5. The van der Waals surface area contributed by atoms with Gasteiger partial charge in [0, 0.05) is 17.0 Å². The van der Waals surface area contributed by atoms with E-state index < -0.39 is 11.6 Å². The van der Waals surface area contributed by atoms with Crippen LogP contribution in [0, 0.1) is 6.92 Å². The van der Waals surface area contributed by atoms with Crippen LogP contribution in [0.3, 0.4) is 0 Å². The highest BCUT2D eigenvalue weighted by Gasteiger charge is 2.10. The van der Waals surface area contributed by atoms with Crippen LogP contribution in [0.4, 0.5) is 0 Å². The van der Waals surface area contributed by atoms with Crippen LogP contribution in [-0.2, 0) is 16.1 Å². The number of fused-ring (bicyclic) bond motifs is 1. The Morgan fingerprint density at radius 3 is 2.76 bits per heavy atom. The fourth-order valence-corrected chi connectivity index (χ4v) is 2.55. The van der Waals surface area contributed by atoms with Gasteiger partial charge in [-0.3, -0.25) is 0 Å². The number of hydrogen-bond acceptors (Lipinski definition) is 5. The number of halogens is 1. The van der Waals surface area contributed by atoms with Crippen LogP contribution in [0.1, 0.15) is 11.1 Å². The number of ether oxygens (including phenoxy) is 2. The van der Waals surface area contributed by atoms with Crippen LogP contribution in [0.5, 0.6) is 5.75 Å². The first-order valence-corrected chi connectivity index (χ1v) is 7.97. The molecule has 0 N–H and O–H groups in total. The Hall–Kier alpha value is -2.79. The zero-order valence-corrected chi connectivity index (χ0v) is 14.2. The molecule has 0 atom stereocenters. The topological polar surface area (TPSA) is 65.7 Å². The number of benzene rings is 2. The Bertz CT molecular complexity index is 977. The summed E-state index contributed by atoms with van der Waals surface area (Å²) in [6.45, 7) is 1.58. The number of rotatable bonds is 5. The van der Waals surface area contributed by atoms with Crippen LogP contribution in [-0.4, -0.2) is 12.6 Å². The average Bonchev–Trinajstić information content (AvgIpc) is 2.58. The molecule has 0 saturated carbocycles. The number of aryl methyl sites for hydroxylation is 1. The summed E-state index contributed by atoms with van der Waals surface area (Å²) in [5, 5.41) is 1.14. The highest BCUT2D eigenvalue weighted by Crippen LogP contribution is 2.23. The standard InChI is InChI=1S/C19H15ClO5/c1-12-6-7-14-13(9-18(21)25-17(14)8-12)10-24-19(22)11-23-16-5-3-2-4-15(16)20/h2-9H,10-11H2,1H3. The van der Waals surface area contributed by atoms with Crippen molar-refractivity contribution in [3.8, 4) is 5.75 Å². The molecule has 128 valence electrons. The van der Waals surface area contributed by atoms with Crippen LogP contribution in [0.2, 0.25) is 5.02 Å². The summed E-state index contributed by atoms with van der Waals surface area (Å²) in [5.41, 5.74) is 1.53. The second-order valence-corrected chi connectivity index (χ2v) is 5.88. The zero-order valence-electron chi connectivity index (χ0n) is 13.5. The van der Waals surface area contributed by atoms with E-state index in [0.29, 0.717) is 21.9 Å². The third-order valence-electron chi connectivity index (χ3n) is 3.56. The number of para-hydroxylation sites is 1. The van der Waals surface area contributed by atoms with Crippen LogP contribution >= 0.6 is 11.6 Å². The van der Waals surface area contributed by atoms with E-state index in [2.05, 4.69) is 0 Å². The zero-order chi connectivity index (χ0) is 17.8. The smallest absolute Gasteiger partial charge is 0.344 e. The lowest BCUT2D eigenvalue weighted by Crippen LogP contribution is -2.15. The lowest BCUT2D eigenvalue weighted by Gasteiger charge is -2.09. The lowest BCUT2D eigenvalue weighted by molar-refractivity contribution is -0.147. The fraction of sp³-hybridized carbons (Fsp3) is 0.158. The first kappa shape index (κ1) is 17.0. The largest absolute Gasteiger partial charge is 0.480 e. The predicted octanol–water partition coefficient (Wildman–Crippen LogP) is 3.88. The molecule has 1 aromatic heterocycles. The van der Waals surface area contributed by atoms with Gasteiger partial charge < -0.3 is 13.9 Å². The van der Waals surface area contributed by atoms with Gasteiger partial charge in [0.15, 0.2) is 6.61 Å². The summed E-state index contributed by atoms with van der Waals surface area (Å²) in [6, 6.07) is 13.7. The molecule has 0 spiro atoms. The molecule has 5 nitrogen and oxygen atoms in total. The summed E-state index contributed by atoms with van der Waals surface area (Å²) in [7, 11) is 0. The third kappa shape index (κ3) is 4.19. The van der Waals surface area contributed by atoms with Gasteiger partial charge in [-0.2, -0.15) is 0 Å². The van der Waals surface area contributed by atoms with Gasteiger partial charge in [-0.25, -0.2) is 9.59 Å². The van der Waals surface area contributed by atoms with Crippen LogP contribution < -0.4 is 10.4 Å². The molecule has 0 aliphatic heterocycles. The molecular formula is C19H15ClO5. The van der Waals surface area contributed by atoms with Crippen molar-refractivity contribution in [2.75, 3.05) is 6.61 Å². The second-order valence-electron chi connectivity index (χ2n) is 5.47. The first-order chi connectivity index (χ1) is 12.0. The van der Waals surface area contributed by atoms with E-state index in [1.54, 1.807) is 30.3 Å². The molecule has 0 fully saturated rings. The van der Waals surface area contributed by atoms with Crippen molar-refractivity contribution in [3.05, 3.63) is 75.1 Å². The molecule has 1 heterocycles. The molecule has 6 heteroatoms. The van der Waals surface area contributed by atoms with Gasteiger partial charge in [0.2, 0.25) is 0 Å². The van der Waals surface area contributed by atoms with Gasteiger partial charge in [0.05, 0.1) is 5.02 Å². The van der Waals surface area contributed by atoms with Crippen molar-refractivity contribution >= 4 is 28.5 Å². The Morgan fingerprint density at radius 2 is 1.96 bits per heavy atom. The molecule has 0 aliphatic rings. The van der Waals surface area contributed by atoms with Gasteiger partial charge in [-0.15, -0.1) is 0 Å². The van der Waals surface area contributed by atoms with Crippen molar-refractivity contribution in [1.29, 1.82) is 0 Å². The van der Waals surface area contributed by atoms with Gasteiger partial charge in [0.1, 0.15) is 17.9 Å². The van der Waals surface area contributed by atoms with Crippen molar-refractivity contribution in [2.45, 2.75) is 13.5 Å². The summed E-state index contributed by atoms with van der Waals surface area (Å²) >= 11 is 5.95. The van der Waals surface area contributed by atoms with Crippen LogP contribution in [0.15, 0.2) is 57.7 Å². The van der Waals surface area contributed by atoms with E-state index in [4.69, 9.17) is 25.5 Å². The summed E-state index contributed by atoms with van der Waals surface area (Å²) in [6.07, 6.45) is 0. The molecule has 2 aromatic carbocycles. The molecule has 0 saturated heterocycles. The predicted molar refractivity (Wildman–Crippen MR) is 94.0 cm³/mol. The molecule has 0 unspecified atom stereocenters. The molecular weight excluding hydrogens is 344 g/mol. The number of hydrogen-bond donors (Lipinski definition) is 0. The number of carbonyl (C=O) groups excluding carboxylic acids is 1. The fourth-order valence-electron chi connectivity index (χ4n) is 2.35. The summed E-state index contributed by atoms with van der Waals surface area (Å²) < 4.78 is 15.7. The van der Waals surface area contributed by atoms with Crippen LogP contribution in [0.25, 0.3) is 11.0 Å². The summed E-state index contributed by atoms with van der Waals surface area (Å²) in [5.74, 6) is -0.157. The van der Waals surface area contributed by atoms with Crippen molar-refractivity contribution < 1.29 is 18.7 Å². The molecule has 3 aromatic rings. The first-order valence-electron chi connectivity index (χ1n) is 7.59. The minimum atomic E-state index is -0.562. The van der Waals surface area contributed by atoms with Gasteiger partial charge >= 0.3 is 11.6 Å². The Morgan fingerprint density at radius 1 is 1.16 bits per heavy atom. The normalized spacial score (nSPS) is 10.6. The maximum atomic E-state index is 11.9. The quantitative estimate of drug-likeness (QED) is 0.511. The maximum Gasteiger partial charge on any atom is 0.344 e. The van der Waals surface area contributed by atoms with Gasteiger partial charge in [0.25, 0.3) is 0 Å². The minimum absolute atomic E-state index is 0.0458. The van der Waals surface area contributed by atoms with Gasteiger partial charge in [-0.1, -0.05) is 35.9 Å². The number of carbonyl (C=O) groups is 1. The SMILES string of the molecule is Cc1ccc2c(COC(=O)COc3ccccc3Cl)cc(=O)oc2c1. The third-order valence-corrected chi connectivity index (χ3v) is 3.87. The average molecular weight is 359 g/mol. The summed E-state index contributed by atoms with van der Waals surface area (Å²) in [4.78, 5) is 23.5.